The quantitative estimate of drug-likeness (QED) is 0.197. The third-order valence-electron chi connectivity index (χ3n) is 2.69. The molecule has 2 rings (SSSR count). The molecule has 0 atom stereocenters. The Morgan fingerprint density at radius 3 is 2.25 bits per heavy atom. The van der Waals surface area contributed by atoms with Gasteiger partial charge >= 0.3 is 5.95 Å². The van der Waals surface area contributed by atoms with Gasteiger partial charge in [-0.1, -0.05) is 5.11 Å². The minimum Gasteiger partial charge on any atom is -0.358 e. The van der Waals surface area contributed by atoms with Gasteiger partial charge in [-0.3, -0.25) is 0 Å². The van der Waals surface area contributed by atoms with Crippen LogP contribution in [0.4, 0.5) is 5.95 Å². The Balaban J connectivity index is 0.00000200. The van der Waals surface area contributed by atoms with Gasteiger partial charge in [0.05, 0.1) is 26.5 Å². The summed E-state index contributed by atoms with van der Waals surface area (Å²) < 4.78 is 7.47. The molecule has 0 aliphatic rings. The zero-order chi connectivity index (χ0) is 13.8. The van der Waals surface area contributed by atoms with Gasteiger partial charge in [0.2, 0.25) is 5.62 Å². The smallest absolute Gasteiger partial charge is 0.358 e. The highest BCUT2D eigenvalue weighted by molar-refractivity contribution is 5.54. The van der Waals surface area contributed by atoms with Crippen LogP contribution < -0.4 is 10.2 Å². The summed E-state index contributed by atoms with van der Waals surface area (Å²) >= 11 is 0. The lowest BCUT2D eigenvalue weighted by Crippen LogP contribution is -2.25. The van der Waals surface area contributed by atoms with E-state index in [1.165, 1.54) is 6.34 Å². The van der Waals surface area contributed by atoms with Crippen LogP contribution in [-0.4, -0.2) is 20.0 Å². The lowest BCUT2D eigenvalue weighted by molar-refractivity contribution is -0.657. The van der Waals surface area contributed by atoms with Crippen LogP contribution in [0, 0.1) is 7.43 Å². The van der Waals surface area contributed by atoms with Gasteiger partial charge in [-0.25, -0.2) is 9.13 Å². The third kappa shape index (κ3) is 3.28. The first kappa shape index (κ1) is 15.5. The zero-order valence-electron chi connectivity index (χ0n) is 12.5. The van der Waals surface area contributed by atoms with E-state index in [0.717, 1.165) is 11.6 Å². The molecule has 0 unspecified atom stereocenters. The van der Waals surface area contributed by atoms with E-state index in [-0.39, 0.29) is 7.43 Å². The maximum absolute atomic E-state index is 4.06. The fourth-order valence-electron chi connectivity index (χ4n) is 1.62. The summed E-state index contributed by atoms with van der Waals surface area (Å²) in [5.74, 6) is 0.732. The Morgan fingerprint density at radius 2 is 1.70 bits per heavy atom. The summed E-state index contributed by atoms with van der Waals surface area (Å²) in [6, 6.07) is 0. The molecule has 108 valence electrons. The molecule has 0 spiro atoms. The molecular formula is C12H20N8. The monoisotopic (exact) mass is 276 g/mol. The minimum atomic E-state index is 0. The van der Waals surface area contributed by atoms with Gasteiger partial charge in [0.1, 0.15) is 0 Å². The van der Waals surface area contributed by atoms with Crippen LogP contribution in [0.15, 0.2) is 45.2 Å². The predicted molar refractivity (Wildman–Crippen MR) is 76.0 cm³/mol. The molecular weight excluding hydrogens is 256 g/mol. The molecule has 8 heteroatoms. The number of rotatable bonds is 3. The summed E-state index contributed by atoms with van der Waals surface area (Å²) in [7, 11) is 7.61. The van der Waals surface area contributed by atoms with Gasteiger partial charge in [0.15, 0.2) is 6.34 Å². The normalized spacial score (nSPS) is 11.2. The third-order valence-corrected chi connectivity index (χ3v) is 2.69. The molecule has 0 aromatic carbocycles. The molecule has 0 radical (unpaired) electrons. The first-order chi connectivity index (χ1) is 9.09. The zero-order valence-corrected chi connectivity index (χ0v) is 12.5. The van der Waals surface area contributed by atoms with Gasteiger partial charge < -0.3 is 16.6 Å². The van der Waals surface area contributed by atoms with Crippen molar-refractivity contribution >= 4 is 12.3 Å². The number of hydrogen-bond acceptors (Lipinski definition) is 3. The van der Waals surface area contributed by atoms with E-state index in [4.69, 9.17) is 0 Å². The van der Waals surface area contributed by atoms with E-state index in [0.29, 0.717) is 0 Å². The van der Waals surface area contributed by atoms with Crippen molar-refractivity contribution in [3.8, 4) is 0 Å². The van der Waals surface area contributed by atoms with Crippen molar-refractivity contribution in [3.05, 3.63) is 37.8 Å². The van der Waals surface area contributed by atoms with Gasteiger partial charge in [0.25, 0.3) is 0 Å². The number of hydrogen-bond donors (Lipinski definition) is 0. The Morgan fingerprint density at radius 1 is 1.05 bits per heavy atom. The lowest BCUT2D eigenvalue weighted by atomic mass is 10.9. The van der Waals surface area contributed by atoms with Crippen molar-refractivity contribution in [1.82, 2.24) is 13.7 Å². The minimum absolute atomic E-state index is 0. The molecule has 0 fully saturated rings. The van der Waals surface area contributed by atoms with E-state index < -0.39 is 0 Å². The molecule has 0 saturated carbocycles. The highest BCUT2D eigenvalue weighted by Crippen LogP contribution is 2.02. The fourth-order valence-corrected chi connectivity index (χ4v) is 1.62. The van der Waals surface area contributed by atoms with Crippen LogP contribution >= 0.6 is 0 Å². The van der Waals surface area contributed by atoms with E-state index >= 15 is 0 Å². The van der Waals surface area contributed by atoms with Crippen molar-refractivity contribution < 1.29 is 4.57 Å². The van der Waals surface area contributed by atoms with Crippen LogP contribution in [-0.2, 0) is 28.2 Å². The van der Waals surface area contributed by atoms with E-state index in [2.05, 4.69) is 20.4 Å². The van der Waals surface area contributed by atoms with E-state index in [9.17, 15) is 0 Å². The number of nitrogens with zero attached hydrogens (tertiary/aromatic N) is 8. The highest BCUT2D eigenvalue weighted by atomic mass is 15.3. The molecule has 20 heavy (non-hydrogen) atoms. The number of aromatic nitrogens is 4. The summed E-state index contributed by atoms with van der Waals surface area (Å²) in [6.45, 7) is 0. The fraction of sp³-hybridized carbons (Fsp3) is 0.333. The summed E-state index contributed by atoms with van der Waals surface area (Å²) in [4.78, 5) is 0. The van der Waals surface area contributed by atoms with Crippen LogP contribution in [0.25, 0.3) is 0 Å². The average Bonchev–Trinajstić information content (AvgIpc) is 2.86. The number of aryl methyl sites for hydroxylation is 4. The summed E-state index contributed by atoms with van der Waals surface area (Å²) in [6.07, 6.45) is 8.93. The molecule has 0 N–H and O–H groups in total. The van der Waals surface area contributed by atoms with Crippen molar-refractivity contribution in [2.75, 3.05) is 0 Å². The molecule has 0 saturated heterocycles. The number of azo groups is 1. The summed E-state index contributed by atoms with van der Waals surface area (Å²) in [5, 5.41) is 15.9. The second kappa shape index (κ2) is 6.60. The van der Waals surface area contributed by atoms with E-state index in [1.807, 2.05) is 71.2 Å². The van der Waals surface area contributed by atoms with Crippen molar-refractivity contribution in [3.63, 3.8) is 0 Å². The molecule has 2 aromatic heterocycles. The molecule has 2 aromatic rings. The van der Waals surface area contributed by atoms with Crippen LogP contribution in [0.1, 0.15) is 0 Å². The van der Waals surface area contributed by atoms with Gasteiger partial charge in [-0.15, -0.1) is 10.2 Å². The standard InChI is InChI=1S/C11H17N8.CH3/c1-16-5-6-17(2)10(16)14-12-9-13-15-11-18(3)7-8-19(11)4;/h5-9H,1-4H3;1H3/q+1;-1. The molecule has 0 bridgehead atoms. The Bertz CT molecular complexity index is 641. The summed E-state index contributed by atoms with van der Waals surface area (Å²) in [5.41, 5.74) is 0.732. The first-order valence-electron chi connectivity index (χ1n) is 5.75. The van der Waals surface area contributed by atoms with E-state index in [1.54, 1.807) is 0 Å². The topological polar surface area (TPSA) is 68.1 Å². The van der Waals surface area contributed by atoms with Crippen molar-refractivity contribution in [2.45, 2.75) is 0 Å². The SMILES string of the molecule is Cn1cc[n+](C)c1N=N/C=N/N=c1n(C)ccn1C.[CH3-]. The molecule has 8 nitrogen and oxygen atoms in total. The van der Waals surface area contributed by atoms with Gasteiger partial charge in [-0.05, 0) is 0 Å². The second-order valence-electron chi connectivity index (χ2n) is 4.19. The Labute approximate surface area is 118 Å². The average molecular weight is 276 g/mol. The van der Waals surface area contributed by atoms with Crippen LogP contribution in [0.5, 0.6) is 0 Å². The number of imidazole rings is 2. The maximum Gasteiger partial charge on any atom is 0.421 e. The predicted octanol–water partition coefficient (Wildman–Crippen LogP) is 0.605. The van der Waals surface area contributed by atoms with Crippen molar-refractivity contribution in [2.24, 2.45) is 48.6 Å². The Kier molecular flexibility index (Phi) is 5.13. The largest absolute Gasteiger partial charge is 0.421 e. The van der Waals surface area contributed by atoms with Gasteiger partial charge in [0, 0.05) is 31.6 Å². The lowest BCUT2D eigenvalue weighted by Gasteiger charge is -1.89. The molecule has 0 aliphatic carbocycles. The maximum atomic E-state index is 4.06. The van der Waals surface area contributed by atoms with Crippen molar-refractivity contribution in [1.29, 1.82) is 0 Å². The first-order valence-corrected chi connectivity index (χ1v) is 5.75. The van der Waals surface area contributed by atoms with Crippen LogP contribution in [0.2, 0.25) is 0 Å². The van der Waals surface area contributed by atoms with Gasteiger partial charge in [-0.2, -0.15) is 0 Å². The van der Waals surface area contributed by atoms with Crippen LogP contribution in [0.3, 0.4) is 0 Å². The Hall–Kier alpha value is -2.51. The second-order valence-corrected chi connectivity index (χ2v) is 4.19. The molecule has 0 aliphatic heterocycles. The highest BCUT2D eigenvalue weighted by Gasteiger charge is 2.09. The molecule has 0 amide bonds. The molecule has 2 heterocycles.